The fraction of sp³-hybridized carbons (Fsp3) is 0.174. The van der Waals surface area contributed by atoms with E-state index in [0.29, 0.717) is 16.8 Å². The van der Waals surface area contributed by atoms with Crippen molar-refractivity contribution in [3.05, 3.63) is 66.4 Å². The number of benzene rings is 2. The Bertz CT molecular complexity index is 1410. The number of fused-ring (bicyclic) bond motifs is 1. The number of anilines is 2. The van der Waals surface area contributed by atoms with Crippen LogP contribution in [0.15, 0.2) is 65.7 Å². The van der Waals surface area contributed by atoms with Gasteiger partial charge in [-0.2, -0.15) is 9.97 Å². The van der Waals surface area contributed by atoms with E-state index in [4.69, 9.17) is 9.47 Å². The molecule has 34 heavy (non-hydrogen) atoms. The maximum Gasteiger partial charge on any atom is 0.321 e. The van der Waals surface area contributed by atoms with Crippen molar-refractivity contribution >= 4 is 32.4 Å². The van der Waals surface area contributed by atoms with E-state index >= 15 is 0 Å². The lowest BCUT2D eigenvalue weighted by Gasteiger charge is -2.18. The molecule has 2 aromatic heterocycles. The average molecular weight is 482 g/mol. The van der Waals surface area contributed by atoms with Gasteiger partial charge in [0, 0.05) is 28.9 Å². The first kappa shape index (κ1) is 23.1. The van der Waals surface area contributed by atoms with Crippen LogP contribution in [0.5, 0.6) is 17.6 Å². The molecule has 0 aliphatic heterocycles. The number of rotatable bonds is 8. The second kappa shape index (κ2) is 9.40. The van der Waals surface area contributed by atoms with Gasteiger partial charge in [0.15, 0.2) is 5.82 Å². The summed E-state index contributed by atoms with van der Waals surface area (Å²) in [6, 6.07) is 14.7. The van der Waals surface area contributed by atoms with Crippen LogP contribution in [0.25, 0.3) is 10.9 Å². The summed E-state index contributed by atoms with van der Waals surface area (Å²) in [5.74, 6) is 0.280. The van der Waals surface area contributed by atoms with E-state index in [-0.39, 0.29) is 34.4 Å². The van der Waals surface area contributed by atoms with Gasteiger partial charge in [-0.05, 0) is 37.3 Å². The van der Waals surface area contributed by atoms with Crippen molar-refractivity contribution in [3.8, 4) is 17.6 Å². The van der Waals surface area contributed by atoms with Crippen molar-refractivity contribution in [1.29, 1.82) is 0 Å². The van der Waals surface area contributed by atoms with Crippen LogP contribution in [-0.4, -0.2) is 42.7 Å². The first-order valence-electron chi connectivity index (χ1n) is 10.2. The highest BCUT2D eigenvalue weighted by Gasteiger charge is 2.18. The predicted octanol–water partition coefficient (Wildman–Crippen LogP) is 3.72. The molecule has 4 aromatic rings. The van der Waals surface area contributed by atoms with Gasteiger partial charge in [0.2, 0.25) is 5.88 Å². The van der Waals surface area contributed by atoms with Gasteiger partial charge in [-0.15, -0.1) is 0 Å². The SMILES string of the molecule is COc1cc(NS(=O)(=O)c2ccc(N[C@@H](C)c3ccc4cccnc4c3O)cc2)nc(OC)n1. The van der Waals surface area contributed by atoms with Crippen LogP contribution in [0.1, 0.15) is 18.5 Å². The number of phenols is 1. The summed E-state index contributed by atoms with van der Waals surface area (Å²) in [5, 5.41) is 14.8. The number of phenolic OH excluding ortho intramolecular Hbond substituents is 1. The number of ether oxygens (including phenoxy) is 2. The highest BCUT2D eigenvalue weighted by Crippen LogP contribution is 2.33. The zero-order valence-corrected chi connectivity index (χ0v) is 19.5. The molecule has 0 aliphatic carbocycles. The van der Waals surface area contributed by atoms with Crippen LogP contribution in [0.4, 0.5) is 11.5 Å². The van der Waals surface area contributed by atoms with E-state index in [9.17, 15) is 13.5 Å². The standard InChI is InChI=1S/C23H23N5O5S/c1-14(18-11-6-15-5-4-12-24-21(15)22(18)29)25-16-7-9-17(10-8-16)34(30,31)28-19-13-20(32-2)27-23(26-19)33-3/h4-14,25,29H,1-3H3,(H,26,27,28)/t14-/m0/s1. The molecular weight excluding hydrogens is 458 g/mol. The van der Waals surface area contributed by atoms with E-state index in [1.807, 2.05) is 31.2 Å². The lowest BCUT2D eigenvalue weighted by atomic mass is 10.0. The van der Waals surface area contributed by atoms with Crippen LogP contribution >= 0.6 is 0 Å². The van der Waals surface area contributed by atoms with Crippen LogP contribution in [0.3, 0.4) is 0 Å². The number of hydrogen-bond acceptors (Lipinski definition) is 9. The highest BCUT2D eigenvalue weighted by atomic mass is 32.2. The van der Waals surface area contributed by atoms with Crippen molar-refractivity contribution in [2.24, 2.45) is 0 Å². The normalized spacial score (nSPS) is 12.2. The number of methoxy groups -OCH3 is 2. The number of sulfonamides is 1. The highest BCUT2D eigenvalue weighted by molar-refractivity contribution is 7.92. The molecule has 10 nitrogen and oxygen atoms in total. The molecule has 2 aromatic carbocycles. The molecule has 0 bridgehead atoms. The lowest BCUT2D eigenvalue weighted by Crippen LogP contribution is -2.15. The Balaban J connectivity index is 1.51. The van der Waals surface area contributed by atoms with Crippen molar-refractivity contribution < 1.29 is 23.0 Å². The van der Waals surface area contributed by atoms with Gasteiger partial charge in [0.05, 0.1) is 25.2 Å². The molecule has 4 rings (SSSR count). The Kier molecular flexibility index (Phi) is 6.37. The zero-order valence-electron chi connectivity index (χ0n) is 18.7. The minimum absolute atomic E-state index is 0.0138. The Morgan fingerprint density at radius 3 is 2.47 bits per heavy atom. The molecular formula is C23H23N5O5S. The molecule has 3 N–H and O–H groups in total. The fourth-order valence-corrected chi connectivity index (χ4v) is 4.39. The molecule has 0 saturated heterocycles. The Morgan fingerprint density at radius 2 is 1.76 bits per heavy atom. The third-order valence-corrected chi connectivity index (χ3v) is 6.48. The third-order valence-electron chi connectivity index (χ3n) is 5.11. The van der Waals surface area contributed by atoms with Gasteiger partial charge in [0.1, 0.15) is 11.3 Å². The number of aromatic nitrogens is 3. The molecule has 176 valence electrons. The molecule has 0 unspecified atom stereocenters. The summed E-state index contributed by atoms with van der Waals surface area (Å²) in [7, 11) is -1.15. The van der Waals surface area contributed by atoms with Crippen molar-refractivity contribution in [2.45, 2.75) is 17.9 Å². The Hall–Kier alpha value is -4.12. The molecule has 0 fully saturated rings. The first-order chi connectivity index (χ1) is 16.3. The number of aromatic hydroxyl groups is 1. The molecule has 0 aliphatic rings. The minimum atomic E-state index is -3.92. The van der Waals surface area contributed by atoms with Crippen LogP contribution < -0.4 is 19.5 Å². The predicted molar refractivity (Wildman–Crippen MR) is 128 cm³/mol. The summed E-state index contributed by atoms with van der Waals surface area (Å²) in [5.41, 5.74) is 1.88. The van der Waals surface area contributed by atoms with E-state index in [0.717, 1.165) is 5.39 Å². The molecule has 2 heterocycles. The largest absolute Gasteiger partial charge is 0.505 e. The fourth-order valence-electron chi connectivity index (χ4n) is 3.40. The van der Waals surface area contributed by atoms with Crippen molar-refractivity contribution in [3.63, 3.8) is 0 Å². The summed E-state index contributed by atoms with van der Waals surface area (Å²) in [6.45, 7) is 1.89. The molecule has 11 heteroatoms. The second-order valence-electron chi connectivity index (χ2n) is 7.36. The average Bonchev–Trinajstić information content (AvgIpc) is 2.84. The van der Waals surface area contributed by atoms with Gasteiger partial charge in [-0.1, -0.05) is 18.2 Å². The summed E-state index contributed by atoms with van der Waals surface area (Å²) in [4.78, 5) is 12.2. The molecule has 0 radical (unpaired) electrons. The second-order valence-corrected chi connectivity index (χ2v) is 9.04. The Labute approximate surface area is 196 Å². The summed E-state index contributed by atoms with van der Waals surface area (Å²) >= 11 is 0. The van der Waals surface area contributed by atoms with Gasteiger partial charge in [0.25, 0.3) is 10.0 Å². The van der Waals surface area contributed by atoms with Crippen molar-refractivity contribution in [1.82, 2.24) is 15.0 Å². The minimum Gasteiger partial charge on any atom is -0.505 e. The maximum absolute atomic E-state index is 12.8. The van der Waals surface area contributed by atoms with Crippen LogP contribution in [-0.2, 0) is 10.0 Å². The molecule has 0 spiro atoms. The number of nitrogens with zero attached hydrogens (tertiary/aromatic N) is 3. The maximum atomic E-state index is 12.8. The van der Waals surface area contributed by atoms with Gasteiger partial charge >= 0.3 is 6.01 Å². The summed E-state index contributed by atoms with van der Waals surface area (Å²) in [6.07, 6.45) is 1.63. The number of pyridine rings is 1. The molecule has 0 amide bonds. The van der Waals surface area contributed by atoms with Crippen LogP contribution in [0.2, 0.25) is 0 Å². The summed E-state index contributed by atoms with van der Waals surface area (Å²) < 4.78 is 38.0. The van der Waals surface area contributed by atoms with Gasteiger partial charge in [-0.25, -0.2) is 8.42 Å². The molecule has 0 saturated carbocycles. The zero-order chi connectivity index (χ0) is 24.3. The molecule has 1 atom stereocenters. The first-order valence-corrected chi connectivity index (χ1v) is 11.7. The van der Waals surface area contributed by atoms with Crippen molar-refractivity contribution in [2.75, 3.05) is 24.3 Å². The van der Waals surface area contributed by atoms with Gasteiger partial charge < -0.3 is 19.9 Å². The smallest absolute Gasteiger partial charge is 0.321 e. The third kappa shape index (κ3) is 4.79. The van der Waals surface area contributed by atoms with Gasteiger partial charge in [-0.3, -0.25) is 9.71 Å². The van der Waals surface area contributed by atoms with E-state index in [1.54, 1.807) is 18.3 Å². The quantitative estimate of drug-likeness (QED) is 0.344. The van der Waals surface area contributed by atoms with E-state index in [1.165, 1.54) is 32.4 Å². The van der Waals surface area contributed by atoms with Crippen LogP contribution in [0, 0.1) is 0 Å². The number of nitrogens with one attached hydrogen (secondary N) is 2. The topological polar surface area (TPSA) is 136 Å². The Morgan fingerprint density at radius 1 is 1.00 bits per heavy atom. The van der Waals surface area contributed by atoms with E-state index < -0.39 is 10.0 Å². The monoisotopic (exact) mass is 481 g/mol. The van der Waals surface area contributed by atoms with E-state index in [2.05, 4.69) is 25.0 Å². The number of hydrogen-bond donors (Lipinski definition) is 3. The lowest BCUT2D eigenvalue weighted by molar-refractivity contribution is 0.353.